The summed E-state index contributed by atoms with van der Waals surface area (Å²) in [4.78, 5) is 35.2. The van der Waals surface area contributed by atoms with Gasteiger partial charge in [0.05, 0.1) is 103 Å². The van der Waals surface area contributed by atoms with Gasteiger partial charge in [0.25, 0.3) is 5.91 Å². The third kappa shape index (κ3) is 18.7. The summed E-state index contributed by atoms with van der Waals surface area (Å²) in [6, 6.07) is 14.2. The lowest BCUT2D eigenvalue weighted by Gasteiger charge is -2.38. The van der Waals surface area contributed by atoms with E-state index in [1.807, 2.05) is 41.3 Å². The molecule has 2 heterocycles. The van der Waals surface area contributed by atoms with E-state index in [-0.39, 0.29) is 18.2 Å². The highest BCUT2D eigenvalue weighted by Crippen LogP contribution is 2.40. The Labute approximate surface area is 383 Å². The number of amides is 2. The number of para-hydroxylation sites is 2. The SMILES string of the molecule is C[SH](C)(=O)CCCOCCOCCOCCOCCOCCOCCOCCNC(=O)CCc1cc(Cl)c(Cc2ccncc2C(=O)N2CCN(C3CC3)c3ccccc32)cc1Cl. The highest BCUT2D eigenvalue weighted by molar-refractivity contribution is 8.01. The summed E-state index contributed by atoms with van der Waals surface area (Å²) in [6.45, 7) is 8.39. The number of hydrogen-bond acceptors (Lipinski definition) is 12. The number of halogens is 2. The normalized spacial score (nSPS) is 14.2. The Hall–Kier alpha value is -3.22. The van der Waals surface area contributed by atoms with E-state index in [1.165, 1.54) is 12.8 Å². The summed E-state index contributed by atoms with van der Waals surface area (Å²) < 4.78 is 50.2. The molecule has 5 rings (SSSR count). The van der Waals surface area contributed by atoms with E-state index in [1.54, 1.807) is 24.9 Å². The van der Waals surface area contributed by atoms with Gasteiger partial charge in [-0.1, -0.05) is 35.3 Å². The van der Waals surface area contributed by atoms with Crippen LogP contribution >= 0.6 is 23.2 Å². The van der Waals surface area contributed by atoms with E-state index in [9.17, 15) is 13.8 Å². The Bertz CT molecular complexity index is 1900. The van der Waals surface area contributed by atoms with Gasteiger partial charge in [-0.25, -0.2) is 0 Å². The molecule has 14 nitrogen and oxygen atoms in total. The molecule has 0 bridgehead atoms. The Morgan fingerprint density at radius 2 is 1.25 bits per heavy atom. The topological polar surface area (TPSA) is 147 Å². The van der Waals surface area contributed by atoms with Crippen LogP contribution in [0, 0.1) is 0 Å². The van der Waals surface area contributed by atoms with Crippen LogP contribution in [0.25, 0.3) is 0 Å². The van der Waals surface area contributed by atoms with E-state index in [4.69, 9.17) is 56.4 Å². The van der Waals surface area contributed by atoms with E-state index >= 15 is 0 Å². The number of hydrogen-bond donors (Lipinski definition) is 2. The monoisotopic (exact) mass is 936 g/mol. The van der Waals surface area contributed by atoms with Crippen molar-refractivity contribution in [3.63, 3.8) is 0 Å². The molecule has 3 aromatic rings. The Morgan fingerprint density at radius 1 is 0.714 bits per heavy atom. The molecule has 350 valence electrons. The van der Waals surface area contributed by atoms with Crippen LogP contribution < -0.4 is 15.1 Å². The summed E-state index contributed by atoms with van der Waals surface area (Å²) in [5, 5.41) is 3.92. The third-order valence-corrected chi connectivity index (χ3v) is 12.5. The maximum absolute atomic E-state index is 14.0. The zero-order chi connectivity index (χ0) is 44.7. The minimum atomic E-state index is -1.96. The molecule has 2 aliphatic rings. The average Bonchev–Trinajstić information content (AvgIpc) is 4.12. The van der Waals surface area contributed by atoms with E-state index in [0.717, 1.165) is 41.0 Å². The fourth-order valence-electron chi connectivity index (χ4n) is 7.01. The van der Waals surface area contributed by atoms with Gasteiger partial charge in [0.15, 0.2) is 0 Å². The van der Waals surface area contributed by atoms with Crippen molar-refractivity contribution in [1.82, 2.24) is 10.3 Å². The van der Waals surface area contributed by atoms with Gasteiger partial charge in [-0.2, -0.15) is 0 Å². The Balaban J connectivity index is 0.853. The van der Waals surface area contributed by atoms with Crippen LogP contribution in [0.3, 0.4) is 0 Å². The quantitative estimate of drug-likeness (QED) is 0.0608. The minimum absolute atomic E-state index is 0.0871. The number of nitrogens with one attached hydrogen (secondary N) is 1. The molecule has 63 heavy (non-hydrogen) atoms. The van der Waals surface area contributed by atoms with Gasteiger partial charge in [-0.15, -0.1) is 9.93 Å². The van der Waals surface area contributed by atoms with Crippen LogP contribution in [0.2, 0.25) is 10.0 Å². The van der Waals surface area contributed by atoms with Crippen molar-refractivity contribution < 1.29 is 47.0 Å². The van der Waals surface area contributed by atoms with Crippen LogP contribution in [-0.2, 0) is 60.7 Å². The second kappa shape index (κ2) is 28.0. The van der Waals surface area contributed by atoms with Gasteiger partial charge in [0, 0.05) is 66.9 Å². The van der Waals surface area contributed by atoms with Crippen molar-refractivity contribution in [3.05, 3.63) is 87.2 Å². The number of ether oxygens (including phenoxy) is 7. The number of aromatic nitrogens is 1. The van der Waals surface area contributed by atoms with Crippen LogP contribution in [0.5, 0.6) is 0 Å². The maximum atomic E-state index is 14.0. The number of aryl methyl sites for hydroxylation is 1. The first-order valence-electron chi connectivity index (χ1n) is 22.0. The zero-order valence-electron chi connectivity index (χ0n) is 36.9. The van der Waals surface area contributed by atoms with Gasteiger partial charge < -0.3 is 48.3 Å². The van der Waals surface area contributed by atoms with Crippen molar-refractivity contribution in [1.29, 1.82) is 0 Å². The molecule has 17 heteroatoms. The standard InChI is InChI=1S/C46H66Cl2N4O10S/c1-63(2,55)31-5-17-56-19-21-58-23-25-60-27-29-62-30-28-61-26-24-59-22-20-57-18-14-50-45(53)11-8-37-33-42(48)38(34-41(37)47)32-36-12-13-49-35-40(36)46(54)52-16-15-51(39-9-10-39)43-6-3-4-7-44(43)52/h3-4,6-7,12-13,33-35,39,63H,5,8-11,14-32H2,1-2H3,(H,50,53). The smallest absolute Gasteiger partial charge is 0.260 e. The molecule has 0 unspecified atom stereocenters. The second-order valence-corrected chi connectivity index (χ2v) is 20.3. The average molecular weight is 938 g/mol. The lowest BCUT2D eigenvalue weighted by atomic mass is 9.98. The first-order valence-corrected chi connectivity index (χ1v) is 25.6. The lowest BCUT2D eigenvalue weighted by molar-refractivity contribution is -0.121. The number of fused-ring (bicyclic) bond motifs is 1. The molecule has 2 aromatic carbocycles. The van der Waals surface area contributed by atoms with Crippen molar-refractivity contribution in [2.24, 2.45) is 0 Å². The number of rotatable bonds is 32. The molecule has 0 atom stereocenters. The van der Waals surface area contributed by atoms with Gasteiger partial charge in [-0.3, -0.25) is 18.8 Å². The number of carbonyl (C=O) groups is 2. The van der Waals surface area contributed by atoms with Gasteiger partial charge in [0.2, 0.25) is 5.91 Å². The molecule has 0 spiro atoms. The highest BCUT2D eigenvalue weighted by Gasteiger charge is 2.36. The lowest BCUT2D eigenvalue weighted by Crippen LogP contribution is -2.45. The van der Waals surface area contributed by atoms with Crippen LogP contribution in [0.15, 0.2) is 54.9 Å². The summed E-state index contributed by atoms with van der Waals surface area (Å²) in [5.41, 5.74) is 4.94. The molecular weight excluding hydrogens is 871 g/mol. The Morgan fingerprint density at radius 3 is 1.84 bits per heavy atom. The highest BCUT2D eigenvalue weighted by atomic mass is 35.5. The second-order valence-electron chi connectivity index (χ2n) is 15.9. The predicted molar refractivity (Wildman–Crippen MR) is 250 cm³/mol. The fourth-order valence-corrected chi connectivity index (χ4v) is 8.43. The third-order valence-electron chi connectivity index (χ3n) is 10.4. The van der Waals surface area contributed by atoms with E-state index in [2.05, 4.69) is 21.3 Å². The number of thiol groups is 1. The van der Waals surface area contributed by atoms with Gasteiger partial charge >= 0.3 is 0 Å². The van der Waals surface area contributed by atoms with Crippen molar-refractivity contribution in [3.8, 4) is 0 Å². The first kappa shape index (κ1) is 50.8. The molecule has 0 saturated heterocycles. The maximum Gasteiger partial charge on any atom is 0.260 e. The molecular formula is C46H66Cl2N4O10S. The van der Waals surface area contributed by atoms with Crippen LogP contribution in [0.4, 0.5) is 11.4 Å². The predicted octanol–water partition coefficient (Wildman–Crippen LogP) is 5.44. The summed E-state index contributed by atoms with van der Waals surface area (Å²) in [5.74, 6) is 0.510. The van der Waals surface area contributed by atoms with Crippen molar-refractivity contribution in [2.45, 2.75) is 44.6 Å². The Kier molecular flexibility index (Phi) is 22.5. The molecule has 1 aromatic heterocycles. The number of pyridine rings is 1. The van der Waals surface area contributed by atoms with Crippen molar-refractivity contribution >= 4 is 56.3 Å². The van der Waals surface area contributed by atoms with Crippen molar-refractivity contribution in [2.75, 3.05) is 140 Å². The molecule has 1 aliphatic carbocycles. The molecule has 0 radical (unpaired) electrons. The molecule has 1 N–H and O–H groups in total. The summed E-state index contributed by atoms with van der Waals surface area (Å²) in [6.07, 6.45) is 11.2. The summed E-state index contributed by atoms with van der Waals surface area (Å²) >= 11 is 13.5. The molecule has 2 amide bonds. The fraction of sp³-hybridized carbons (Fsp3) is 0.587. The molecule has 1 saturated carbocycles. The van der Waals surface area contributed by atoms with Gasteiger partial charge in [-0.05, 0) is 91.6 Å². The zero-order valence-corrected chi connectivity index (χ0v) is 39.3. The largest absolute Gasteiger partial charge is 0.379 e. The number of carbonyl (C=O) groups excluding carboxylic acids is 2. The number of nitrogens with zero attached hydrogens (tertiary/aromatic N) is 3. The number of benzene rings is 2. The minimum Gasteiger partial charge on any atom is -0.379 e. The van der Waals surface area contributed by atoms with Crippen LogP contribution in [0.1, 0.15) is 52.7 Å². The van der Waals surface area contributed by atoms with Crippen LogP contribution in [-0.4, -0.2) is 157 Å². The number of anilines is 2. The van der Waals surface area contributed by atoms with Gasteiger partial charge in [0.1, 0.15) is 0 Å². The van der Waals surface area contributed by atoms with E-state index in [0.29, 0.717) is 146 Å². The molecule has 1 fully saturated rings. The first-order chi connectivity index (χ1) is 30.6. The summed E-state index contributed by atoms with van der Waals surface area (Å²) in [7, 11) is -1.96. The molecule has 1 aliphatic heterocycles. The van der Waals surface area contributed by atoms with E-state index < -0.39 is 9.93 Å².